The molecule has 0 aliphatic rings. The maximum atomic E-state index is 11.5. The molecule has 3 heteroatoms. The fraction of sp³-hybridized carbons (Fsp3) is 0.786. The molecule has 0 radical (unpaired) electrons. The predicted octanol–water partition coefficient (Wildman–Crippen LogP) is 4.46. The Hall–Kier alpha value is -0.990. The smallest absolute Gasteiger partial charge is 0.431 e. The molecule has 0 aromatic rings. The summed E-state index contributed by atoms with van der Waals surface area (Å²) in [6.07, 6.45) is 6.04. The molecule has 0 saturated heterocycles. The van der Waals surface area contributed by atoms with E-state index in [9.17, 15) is 4.79 Å². The van der Waals surface area contributed by atoms with Crippen LogP contribution in [-0.2, 0) is 9.47 Å². The second kappa shape index (κ2) is 8.15. The largest absolute Gasteiger partial charge is 0.509 e. The lowest BCUT2D eigenvalue weighted by atomic mass is 10.1. The summed E-state index contributed by atoms with van der Waals surface area (Å²) in [5.41, 5.74) is -0.501. The van der Waals surface area contributed by atoms with Crippen LogP contribution in [0.1, 0.15) is 59.8 Å². The van der Waals surface area contributed by atoms with Crippen LogP contribution in [0, 0.1) is 0 Å². The van der Waals surface area contributed by atoms with Gasteiger partial charge in [-0.15, -0.1) is 6.58 Å². The second-order valence-corrected chi connectivity index (χ2v) is 5.22. The van der Waals surface area contributed by atoms with E-state index >= 15 is 0 Å². The number of carbonyl (C=O) groups is 1. The van der Waals surface area contributed by atoms with Gasteiger partial charge in [-0.25, -0.2) is 4.79 Å². The zero-order valence-electron chi connectivity index (χ0n) is 11.6. The normalized spacial score (nSPS) is 12.9. The van der Waals surface area contributed by atoms with Crippen LogP contribution in [0.3, 0.4) is 0 Å². The lowest BCUT2D eigenvalue weighted by molar-refractivity contribution is -0.0280. The molecule has 0 spiro atoms. The summed E-state index contributed by atoms with van der Waals surface area (Å²) in [7, 11) is 0. The van der Waals surface area contributed by atoms with Crippen LogP contribution >= 0.6 is 0 Å². The number of unbranched alkanes of at least 4 members (excludes halogenated alkanes) is 2. The molecule has 0 aliphatic carbocycles. The summed E-state index contributed by atoms with van der Waals surface area (Å²) in [5.74, 6) is 0. The first-order chi connectivity index (χ1) is 7.89. The molecule has 3 nitrogen and oxygen atoms in total. The Kier molecular flexibility index (Phi) is 7.68. The van der Waals surface area contributed by atoms with Gasteiger partial charge in [-0.2, -0.15) is 0 Å². The molecule has 0 unspecified atom stereocenters. The summed E-state index contributed by atoms with van der Waals surface area (Å²) in [5, 5.41) is 0. The van der Waals surface area contributed by atoms with Crippen molar-refractivity contribution in [2.45, 2.75) is 71.5 Å². The summed E-state index contributed by atoms with van der Waals surface area (Å²) in [4.78, 5) is 11.5. The molecule has 0 aromatic heterocycles. The Morgan fingerprint density at radius 2 is 2.00 bits per heavy atom. The monoisotopic (exact) mass is 242 g/mol. The number of hydrogen-bond donors (Lipinski definition) is 0. The minimum atomic E-state index is -0.583. The molecular formula is C14H26O3. The van der Waals surface area contributed by atoms with E-state index in [4.69, 9.17) is 9.47 Å². The van der Waals surface area contributed by atoms with Crippen LogP contribution in [0.25, 0.3) is 0 Å². The molecule has 0 N–H and O–H groups in total. The molecule has 0 heterocycles. The average molecular weight is 242 g/mol. The molecule has 100 valence electrons. The Labute approximate surface area is 105 Å². The molecular weight excluding hydrogens is 216 g/mol. The third-order valence-corrected chi connectivity index (χ3v) is 2.21. The van der Waals surface area contributed by atoms with Crippen molar-refractivity contribution in [1.82, 2.24) is 0 Å². The zero-order chi connectivity index (χ0) is 13.3. The summed E-state index contributed by atoms with van der Waals surface area (Å²) < 4.78 is 10.4. The third kappa shape index (κ3) is 9.91. The standard InChI is InChI=1S/C14H26O3/c1-6-8-9-11-12(10-7-2)16-13(15)17-14(3,4)5/h7,12H,2,6,8-11H2,1,3-5H3/t12-/m0/s1. The van der Waals surface area contributed by atoms with Crippen LogP contribution in [0.15, 0.2) is 12.7 Å². The highest BCUT2D eigenvalue weighted by molar-refractivity contribution is 5.60. The van der Waals surface area contributed by atoms with Gasteiger partial charge in [-0.05, 0) is 33.6 Å². The second-order valence-electron chi connectivity index (χ2n) is 5.22. The van der Waals surface area contributed by atoms with E-state index in [1.54, 1.807) is 6.08 Å². The fourth-order valence-corrected chi connectivity index (χ4v) is 1.44. The van der Waals surface area contributed by atoms with Crippen molar-refractivity contribution in [3.05, 3.63) is 12.7 Å². The first kappa shape index (κ1) is 16.0. The van der Waals surface area contributed by atoms with Crippen molar-refractivity contribution in [1.29, 1.82) is 0 Å². The van der Waals surface area contributed by atoms with Crippen LogP contribution < -0.4 is 0 Å². The molecule has 0 fully saturated rings. The Bertz CT molecular complexity index is 228. The molecule has 0 bridgehead atoms. The van der Waals surface area contributed by atoms with Crippen molar-refractivity contribution in [3.63, 3.8) is 0 Å². The van der Waals surface area contributed by atoms with E-state index in [-0.39, 0.29) is 6.10 Å². The number of carbonyl (C=O) groups excluding carboxylic acids is 1. The molecule has 0 saturated carbocycles. The van der Waals surface area contributed by atoms with Gasteiger partial charge in [0.05, 0.1) is 0 Å². The third-order valence-electron chi connectivity index (χ3n) is 2.21. The van der Waals surface area contributed by atoms with Gasteiger partial charge in [0.15, 0.2) is 0 Å². The van der Waals surface area contributed by atoms with E-state index in [2.05, 4.69) is 13.5 Å². The van der Waals surface area contributed by atoms with Crippen molar-refractivity contribution < 1.29 is 14.3 Å². The van der Waals surface area contributed by atoms with E-state index in [0.29, 0.717) is 6.42 Å². The van der Waals surface area contributed by atoms with Crippen molar-refractivity contribution >= 4 is 6.16 Å². The van der Waals surface area contributed by atoms with Crippen molar-refractivity contribution in [2.24, 2.45) is 0 Å². The number of ether oxygens (including phenoxy) is 2. The Balaban J connectivity index is 4.05. The lowest BCUT2D eigenvalue weighted by Gasteiger charge is -2.22. The van der Waals surface area contributed by atoms with Gasteiger partial charge in [0.1, 0.15) is 11.7 Å². The minimum absolute atomic E-state index is 0.103. The molecule has 0 amide bonds. The molecule has 0 aromatic carbocycles. The lowest BCUT2D eigenvalue weighted by Crippen LogP contribution is -2.27. The topological polar surface area (TPSA) is 35.5 Å². The molecule has 17 heavy (non-hydrogen) atoms. The molecule has 0 aliphatic heterocycles. The minimum Gasteiger partial charge on any atom is -0.431 e. The van der Waals surface area contributed by atoms with Gasteiger partial charge in [-0.1, -0.05) is 25.8 Å². The predicted molar refractivity (Wildman–Crippen MR) is 70.1 cm³/mol. The van der Waals surface area contributed by atoms with Gasteiger partial charge in [-0.3, -0.25) is 0 Å². The first-order valence-corrected chi connectivity index (χ1v) is 6.39. The van der Waals surface area contributed by atoms with Crippen LogP contribution in [-0.4, -0.2) is 17.9 Å². The molecule has 0 rings (SSSR count). The Morgan fingerprint density at radius 1 is 1.35 bits per heavy atom. The highest BCUT2D eigenvalue weighted by Crippen LogP contribution is 2.14. The van der Waals surface area contributed by atoms with E-state index in [1.807, 2.05) is 20.8 Å². The first-order valence-electron chi connectivity index (χ1n) is 6.39. The highest BCUT2D eigenvalue weighted by Gasteiger charge is 2.20. The van der Waals surface area contributed by atoms with Crippen LogP contribution in [0.4, 0.5) is 4.79 Å². The van der Waals surface area contributed by atoms with Crippen molar-refractivity contribution in [3.8, 4) is 0 Å². The SMILES string of the molecule is C=CC[C@@H](CCCCC)OC(=O)OC(C)(C)C. The molecule has 1 atom stereocenters. The maximum absolute atomic E-state index is 11.5. The van der Waals surface area contributed by atoms with Crippen LogP contribution in [0.5, 0.6) is 0 Å². The van der Waals surface area contributed by atoms with Gasteiger partial charge in [0.25, 0.3) is 0 Å². The summed E-state index contributed by atoms with van der Waals surface area (Å²) >= 11 is 0. The quantitative estimate of drug-likeness (QED) is 0.375. The van der Waals surface area contributed by atoms with Gasteiger partial charge in [0.2, 0.25) is 0 Å². The van der Waals surface area contributed by atoms with Gasteiger partial charge in [0, 0.05) is 6.42 Å². The van der Waals surface area contributed by atoms with E-state index in [0.717, 1.165) is 25.7 Å². The van der Waals surface area contributed by atoms with Crippen LogP contribution in [0.2, 0.25) is 0 Å². The fourth-order valence-electron chi connectivity index (χ4n) is 1.44. The highest BCUT2D eigenvalue weighted by atomic mass is 16.7. The van der Waals surface area contributed by atoms with Crippen molar-refractivity contribution in [2.75, 3.05) is 0 Å². The van der Waals surface area contributed by atoms with E-state index < -0.39 is 11.8 Å². The van der Waals surface area contributed by atoms with Gasteiger partial charge < -0.3 is 9.47 Å². The summed E-state index contributed by atoms with van der Waals surface area (Å²) in [6.45, 7) is 11.3. The van der Waals surface area contributed by atoms with E-state index in [1.165, 1.54) is 0 Å². The van der Waals surface area contributed by atoms with Gasteiger partial charge >= 0.3 is 6.16 Å². The number of rotatable bonds is 7. The average Bonchev–Trinajstić information content (AvgIpc) is 2.15. The summed E-state index contributed by atoms with van der Waals surface area (Å²) in [6, 6.07) is 0. The zero-order valence-corrected chi connectivity index (χ0v) is 11.6. The Morgan fingerprint density at radius 3 is 2.47 bits per heavy atom. The maximum Gasteiger partial charge on any atom is 0.509 e. The number of hydrogen-bond acceptors (Lipinski definition) is 3.